The number of halogens is 1. The first-order chi connectivity index (χ1) is 9.11. The van der Waals surface area contributed by atoms with Gasteiger partial charge in [0.1, 0.15) is 18.2 Å². The summed E-state index contributed by atoms with van der Waals surface area (Å²) >= 11 is 0. The third-order valence-electron chi connectivity index (χ3n) is 3.12. The number of hydrogen-bond donors (Lipinski definition) is 2. The monoisotopic (exact) mass is 269 g/mol. The first-order valence-corrected chi connectivity index (χ1v) is 6.14. The molecule has 0 bridgehead atoms. The van der Waals surface area contributed by atoms with Gasteiger partial charge in [0.25, 0.3) is 0 Å². The lowest BCUT2D eigenvalue weighted by atomic mass is 10.0. The third-order valence-corrected chi connectivity index (χ3v) is 3.12. The van der Waals surface area contributed by atoms with Gasteiger partial charge < -0.3 is 19.8 Å². The Morgan fingerprint density at radius 2 is 2.26 bits per heavy atom. The molecule has 0 fully saturated rings. The molecule has 1 aliphatic rings. The summed E-state index contributed by atoms with van der Waals surface area (Å²) in [5.74, 6) is -0.0901. The highest BCUT2D eigenvalue weighted by atomic mass is 19.1. The SMILES string of the molecule is O=C(O)N1CCCc2cc(OCCO)cc(F)c2C1. The highest BCUT2D eigenvalue weighted by Crippen LogP contribution is 2.26. The molecule has 19 heavy (non-hydrogen) atoms. The van der Waals surface area contributed by atoms with Crippen molar-refractivity contribution in [1.29, 1.82) is 0 Å². The zero-order valence-corrected chi connectivity index (χ0v) is 10.4. The van der Waals surface area contributed by atoms with E-state index in [0.29, 0.717) is 30.7 Å². The molecule has 0 saturated heterocycles. The van der Waals surface area contributed by atoms with Gasteiger partial charge in [0.05, 0.1) is 13.2 Å². The maximum absolute atomic E-state index is 14.0. The van der Waals surface area contributed by atoms with Crippen LogP contribution in [0, 0.1) is 5.82 Å². The first kappa shape index (κ1) is 13.6. The van der Waals surface area contributed by atoms with E-state index in [1.54, 1.807) is 6.07 Å². The van der Waals surface area contributed by atoms with Crippen LogP contribution in [-0.4, -0.2) is 41.0 Å². The predicted molar refractivity (Wildman–Crippen MR) is 65.7 cm³/mol. The number of hydrogen-bond acceptors (Lipinski definition) is 3. The summed E-state index contributed by atoms with van der Waals surface area (Å²) < 4.78 is 19.2. The largest absolute Gasteiger partial charge is 0.491 e. The fourth-order valence-electron chi connectivity index (χ4n) is 2.21. The second kappa shape index (κ2) is 5.88. The fraction of sp³-hybridized carbons (Fsp3) is 0.462. The Morgan fingerprint density at radius 1 is 1.47 bits per heavy atom. The van der Waals surface area contributed by atoms with Crippen LogP contribution in [-0.2, 0) is 13.0 Å². The van der Waals surface area contributed by atoms with Gasteiger partial charge in [-0.05, 0) is 24.5 Å². The fourth-order valence-corrected chi connectivity index (χ4v) is 2.21. The molecule has 2 N–H and O–H groups in total. The summed E-state index contributed by atoms with van der Waals surface area (Å²) in [6.07, 6.45) is 0.238. The Kier molecular flexibility index (Phi) is 4.21. The van der Waals surface area contributed by atoms with Crippen molar-refractivity contribution in [1.82, 2.24) is 4.90 Å². The highest BCUT2D eigenvalue weighted by molar-refractivity contribution is 5.65. The normalized spacial score (nSPS) is 14.7. The zero-order valence-electron chi connectivity index (χ0n) is 10.4. The van der Waals surface area contributed by atoms with Crippen LogP contribution in [0.5, 0.6) is 5.75 Å². The first-order valence-electron chi connectivity index (χ1n) is 6.14. The molecular weight excluding hydrogens is 253 g/mol. The van der Waals surface area contributed by atoms with E-state index in [1.807, 2.05) is 0 Å². The van der Waals surface area contributed by atoms with Crippen molar-refractivity contribution in [2.75, 3.05) is 19.8 Å². The minimum absolute atomic E-state index is 0.0662. The Labute approximate surface area is 110 Å². The minimum Gasteiger partial charge on any atom is -0.491 e. The van der Waals surface area contributed by atoms with Gasteiger partial charge in [-0.15, -0.1) is 0 Å². The summed E-state index contributed by atoms with van der Waals surface area (Å²) in [5, 5.41) is 17.7. The van der Waals surface area contributed by atoms with Crippen molar-refractivity contribution in [2.24, 2.45) is 0 Å². The number of aliphatic hydroxyl groups is 1. The maximum Gasteiger partial charge on any atom is 0.407 e. The van der Waals surface area contributed by atoms with Gasteiger partial charge in [-0.25, -0.2) is 9.18 Å². The molecule has 6 heteroatoms. The van der Waals surface area contributed by atoms with Crippen molar-refractivity contribution in [2.45, 2.75) is 19.4 Å². The average molecular weight is 269 g/mol. The van der Waals surface area contributed by atoms with Crippen LogP contribution in [0.2, 0.25) is 0 Å². The Bertz CT molecular complexity index is 478. The molecule has 1 heterocycles. The number of aliphatic hydroxyl groups excluding tert-OH is 1. The molecule has 0 unspecified atom stereocenters. The summed E-state index contributed by atoms with van der Waals surface area (Å²) in [4.78, 5) is 12.2. The molecule has 0 radical (unpaired) electrons. The predicted octanol–water partition coefficient (Wildman–Crippen LogP) is 1.62. The smallest absolute Gasteiger partial charge is 0.407 e. The van der Waals surface area contributed by atoms with Crippen molar-refractivity contribution >= 4 is 6.09 Å². The van der Waals surface area contributed by atoms with Gasteiger partial charge in [-0.2, -0.15) is 0 Å². The molecule has 0 atom stereocenters. The molecule has 5 nitrogen and oxygen atoms in total. The second-order valence-electron chi connectivity index (χ2n) is 4.42. The summed E-state index contributed by atoms with van der Waals surface area (Å²) in [6.45, 7) is 0.442. The molecule has 1 aromatic carbocycles. The number of carbonyl (C=O) groups is 1. The Hall–Kier alpha value is -1.82. The van der Waals surface area contributed by atoms with E-state index >= 15 is 0 Å². The average Bonchev–Trinajstić information content (AvgIpc) is 2.59. The highest BCUT2D eigenvalue weighted by Gasteiger charge is 2.21. The van der Waals surface area contributed by atoms with Crippen molar-refractivity contribution in [3.8, 4) is 5.75 Å². The number of carboxylic acid groups (broad SMARTS) is 1. The number of rotatable bonds is 3. The number of ether oxygens (including phenoxy) is 1. The van der Waals surface area contributed by atoms with Crippen molar-refractivity contribution in [3.05, 3.63) is 29.1 Å². The van der Waals surface area contributed by atoms with Gasteiger partial charge in [0.2, 0.25) is 0 Å². The quantitative estimate of drug-likeness (QED) is 0.875. The summed E-state index contributed by atoms with van der Waals surface area (Å²) in [7, 11) is 0. The Balaban J connectivity index is 2.27. The molecule has 0 aliphatic carbocycles. The van der Waals surface area contributed by atoms with E-state index in [9.17, 15) is 9.18 Å². The molecule has 0 saturated carbocycles. The van der Waals surface area contributed by atoms with Crippen LogP contribution in [0.3, 0.4) is 0 Å². The number of amides is 1. The molecule has 0 spiro atoms. The van der Waals surface area contributed by atoms with E-state index in [1.165, 1.54) is 11.0 Å². The van der Waals surface area contributed by atoms with Crippen LogP contribution >= 0.6 is 0 Å². The lowest BCUT2D eigenvalue weighted by Crippen LogP contribution is -2.29. The van der Waals surface area contributed by atoms with E-state index < -0.39 is 11.9 Å². The number of nitrogens with zero attached hydrogens (tertiary/aromatic N) is 1. The van der Waals surface area contributed by atoms with Gasteiger partial charge in [-0.1, -0.05) is 0 Å². The maximum atomic E-state index is 14.0. The van der Waals surface area contributed by atoms with Gasteiger partial charge in [0.15, 0.2) is 0 Å². The summed E-state index contributed by atoms with van der Waals surface area (Å²) in [5.41, 5.74) is 1.19. The lowest BCUT2D eigenvalue weighted by molar-refractivity contribution is 0.142. The molecule has 104 valence electrons. The van der Waals surface area contributed by atoms with Crippen molar-refractivity contribution < 1.29 is 24.1 Å². The molecule has 0 aromatic heterocycles. The van der Waals surface area contributed by atoms with Gasteiger partial charge >= 0.3 is 6.09 Å². The number of fused-ring (bicyclic) bond motifs is 1. The standard InChI is InChI=1S/C13H16FNO4/c14-12-7-10(19-5-4-16)6-9-2-1-3-15(13(17)18)8-11(9)12/h6-7,16H,1-5,8H2,(H,17,18). The minimum atomic E-state index is -1.03. The van der Waals surface area contributed by atoms with Crippen LogP contribution in [0.4, 0.5) is 9.18 Å². The van der Waals surface area contributed by atoms with E-state index in [-0.39, 0.29) is 19.8 Å². The second-order valence-corrected chi connectivity index (χ2v) is 4.42. The molecular formula is C13H16FNO4. The molecule has 2 rings (SSSR count). The van der Waals surface area contributed by atoms with Crippen molar-refractivity contribution in [3.63, 3.8) is 0 Å². The van der Waals surface area contributed by atoms with Gasteiger partial charge in [0, 0.05) is 18.2 Å². The van der Waals surface area contributed by atoms with E-state index in [4.69, 9.17) is 14.9 Å². The lowest BCUT2D eigenvalue weighted by Gasteiger charge is -2.17. The van der Waals surface area contributed by atoms with Crippen LogP contribution in [0.25, 0.3) is 0 Å². The number of aryl methyl sites for hydroxylation is 1. The Morgan fingerprint density at radius 3 is 2.95 bits per heavy atom. The van der Waals surface area contributed by atoms with Crippen LogP contribution in [0.15, 0.2) is 12.1 Å². The van der Waals surface area contributed by atoms with Crippen LogP contribution < -0.4 is 4.74 Å². The molecule has 1 amide bonds. The van der Waals surface area contributed by atoms with Crippen LogP contribution in [0.1, 0.15) is 17.5 Å². The topological polar surface area (TPSA) is 70.0 Å². The number of benzene rings is 1. The van der Waals surface area contributed by atoms with E-state index in [0.717, 1.165) is 5.56 Å². The summed E-state index contributed by atoms with van der Waals surface area (Å²) in [6, 6.07) is 2.96. The van der Waals surface area contributed by atoms with Gasteiger partial charge in [-0.3, -0.25) is 0 Å². The zero-order chi connectivity index (χ0) is 13.8. The molecule has 1 aliphatic heterocycles. The molecule has 1 aromatic rings. The van der Waals surface area contributed by atoms with E-state index in [2.05, 4.69) is 0 Å². The third kappa shape index (κ3) is 3.14.